The molecule has 184 valence electrons. The molecule has 0 unspecified atom stereocenters. The summed E-state index contributed by atoms with van der Waals surface area (Å²) in [6.07, 6.45) is 2.78. The van der Waals surface area contributed by atoms with E-state index in [0.717, 1.165) is 38.9 Å². The molecule has 5 rings (SSSR count). The zero-order valence-electron chi connectivity index (χ0n) is 20.2. The summed E-state index contributed by atoms with van der Waals surface area (Å²) >= 11 is 0. The van der Waals surface area contributed by atoms with E-state index in [9.17, 15) is 13.2 Å². The number of amides is 1. The highest BCUT2D eigenvalue weighted by atomic mass is 32.2. The van der Waals surface area contributed by atoms with E-state index in [4.69, 9.17) is 0 Å². The summed E-state index contributed by atoms with van der Waals surface area (Å²) in [4.78, 5) is 13.2. The molecule has 0 fully saturated rings. The zero-order chi connectivity index (χ0) is 25.8. The summed E-state index contributed by atoms with van der Waals surface area (Å²) in [5.41, 5.74) is 4.80. The van der Waals surface area contributed by atoms with Crippen LogP contribution in [-0.4, -0.2) is 26.8 Å². The van der Waals surface area contributed by atoms with E-state index in [-0.39, 0.29) is 17.8 Å². The van der Waals surface area contributed by atoms with Crippen molar-refractivity contribution in [3.63, 3.8) is 0 Å². The molecule has 1 N–H and O–H groups in total. The number of hydrogen-bond donors (Lipinski definition) is 1. The number of benzene rings is 5. The second-order valence-electron chi connectivity index (χ2n) is 8.70. The molecule has 6 nitrogen and oxygen atoms in total. The van der Waals surface area contributed by atoms with Crippen LogP contribution in [-0.2, 0) is 16.6 Å². The molecule has 0 bridgehead atoms. The highest BCUT2D eigenvalue weighted by molar-refractivity contribution is 7.92. The Morgan fingerprint density at radius 3 is 2.03 bits per heavy atom. The van der Waals surface area contributed by atoms with Crippen LogP contribution < -0.4 is 9.73 Å². The van der Waals surface area contributed by atoms with Gasteiger partial charge in [-0.3, -0.25) is 9.10 Å². The van der Waals surface area contributed by atoms with Gasteiger partial charge >= 0.3 is 0 Å². The molecule has 7 heteroatoms. The molecule has 0 saturated carbocycles. The molecule has 0 aliphatic rings. The smallest absolute Gasteiger partial charge is 0.267 e. The minimum Gasteiger partial charge on any atom is -0.267 e. The van der Waals surface area contributed by atoms with Crippen LogP contribution in [0.2, 0.25) is 0 Å². The Balaban J connectivity index is 1.47. The van der Waals surface area contributed by atoms with Crippen LogP contribution in [0.4, 0.5) is 5.69 Å². The minimum atomic E-state index is -3.67. The van der Waals surface area contributed by atoms with E-state index in [1.807, 2.05) is 78.9 Å². The molecule has 0 heterocycles. The first-order valence-electron chi connectivity index (χ1n) is 11.8. The van der Waals surface area contributed by atoms with Gasteiger partial charge in [0.05, 0.1) is 30.3 Å². The molecule has 0 radical (unpaired) electrons. The Morgan fingerprint density at radius 1 is 0.811 bits per heavy atom. The van der Waals surface area contributed by atoms with Gasteiger partial charge < -0.3 is 0 Å². The van der Waals surface area contributed by atoms with Gasteiger partial charge in [-0.2, -0.15) is 5.10 Å². The summed E-state index contributed by atoms with van der Waals surface area (Å²) in [5.74, 6) is -0.502. The van der Waals surface area contributed by atoms with Crippen LogP contribution in [0, 0.1) is 0 Å². The molecule has 0 saturated heterocycles. The molecule has 0 atom stereocenters. The third-order valence-electron chi connectivity index (χ3n) is 6.16. The van der Waals surface area contributed by atoms with E-state index in [1.54, 1.807) is 30.5 Å². The van der Waals surface area contributed by atoms with Crippen LogP contribution in [0.25, 0.3) is 21.5 Å². The Labute approximate surface area is 215 Å². The molecule has 0 aliphatic heterocycles. The van der Waals surface area contributed by atoms with Gasteiger partial charge in [-0.15, -0.1) is 0 Å². The second-order valence-corrected chi connectivity index (χ2v) is 10.6. The number of nitrogens with zero attached hydrogens (tertiary/aromatic N) is 2. The van der Waals surface area contributed by atoms with Crippen LogP contribution in [0.5, 0.6) is 0 Å². The van der Waals surface area contributed by atoms with Crippen molar-refractivity contribution in [3.05, 3.63) is 126 Å². The minimum absolute atomic E-state index is 0.106. The Bertz CT molecular complexity index is 1680. The molecule has 5 aromatic rings. The summed E-state index contributed by atoms with van der Waals surface area (Å²) in [5, 5.41) is 8.46. The van der Waals surface area contributed by atoms with E-state index in [2.05, 4.69) is 16.6 Å². The highest BCUT2D eigenvalue weighted by Crippen LogP contribution is 2.28. The molecule has 0 aromatic heterocycles. The number of carbonyl (C=O) groups excluding carboxylic acids is 1. The topological polar surface area (TPSA) is 78.8 Å². The molecule has 0 aliphatic carbocycles. The Morgan fingerprint density at radius 2 is 1.38 bits per heavy atom. The fraction of sp³-hybridized carbons (Fsp3) is 0.0667. The van der Waals surface area contributed by atoms with Crippen molar-refractivity contribution in [2.45, 2.75) is 6.54 Å². The highest BCUT2D eigenvalue weighted by Gasteiger charge is 2.23. The number of rotatable bonds is 7. The first-order chi connectivity index (χ1) is 17.9. The van der Waals surface area contributed by atoms with Gasteiger partial charge in [-0.1, -0.05) is 91.0 Å². The zero-order valence-corrected chi connectivity index (χ0v) is 21.0. The summed E-state index contributed by atoms with van der Waals surface area (Å²) in [6.45, 7) is 0.106. The van der Waals surface area contributed by atoms with Crippen molar-refractivity contribution in [1.29, 1.82) is 0 Å². The van der Waals surface area contributed by atoms with Crippen LogP contribution in [0.1, 0.15) is 21.5 Å². The van der Waals surface area contributed by atoms with Crippen molar-refractivity contribution in [2.24, 2.45) is 5.10 Å². The third-order valence-corrected chi connectivity index (χ3v) is 7.29. The number of carbonyl (C=O) groups is 1. The van der Waals surface area contributed by atoms with Crippen molar-refractivity contribution in [2.75, 3.05) is 10.6 Å². The predicted octanol–water partition coefficient (Wildman–Crippen LogP) is 5.72. The average Bonchev–Trinajstić information content (AvgIpc) is 2.91. The fourth-order valence-corrected chi connectivity index (χ4v) is 5.32. The Hall–Kier alpha value is -4.49. The van der Waals surface area contributed by atoms with E-state index >= 15 is 0 Å². The number of hydrogen-bond acceptors (Lipinski definition) is 4. The maximum atomic E-state index is 13.2. The number of hydrazone groups is 1. The molecular formula is C30H25N3O3S. The first-order valence-corrected chi connectivity index (χ1v) is 13.6. The quantitative estimate of drug-likeness (QED) is 0.174. The number of anilines is 1. The van der Waals surface area contributed by atoms with E-state index in [0.29, 0.717) is 0 Å². The molecule has 0 spiro atoms. The van der Waals surface area contributed by atoms with Gasteiger partial charge in [-0.25, -0.2) is 13.8 Å². The largest absolute Gasteiger partial charge is 0.273 e. The molecular weight excluding hydrogens is 482 g/mol. The number of sulfonamides is 1. The molecule has 1 amide bonds. The average molecular weight is 508 g/mol. The monoisotopic (exact) mass is 507 g/mol. The lowest BCUT2D eigenvalue weighted by Crippen LogP contribution is -2.32. The van der Waals surface area contributed by atoms with Crippen molar-refractivity contribution in [1.82, 2.24) is 5.43 Å². The van der Waals surface area contributed by atoms with Gasteiger partial charge in [0.15, 0.2) is 0 Å². The number of fused-ring (bicyclic) bond motifs is 2. The van der Waals surface area contributed by atoms with Gasteiger partial charge in [0.25, 0.3) is 5.91 Å². The predicted molar refractivity (Wildman–Crippen MR) is 150 cm³/mol. The second kappa shape index (κ2) is 10.2. The number of para-hydroxylation sites is 1. The Kier molecular flexibility index (Phi) is 6.70. The fourth-order valence-electron chi connectivity index (χ4n) is 4.42. The van der Waals surface area contributed by atoms with Crippen molar-refractivity contribution < 1.29 is 13.2 Å². The van der Waals surface area contributed by atoms with Gasteiger partial charge in [-0.05, 0) is 45.3 Å². The lowest BCUT2D eigenvalue weighted by Gasteiger charge is -2.24. The molecule has 37 heavy (non-hydrogen) atoms. The maximum absolute atomic E-state index is 13.2. The third kappa shape index (κ3) is 5.22. The van der Waals surface area contributed by atoms with Crippen LogP contribution >= 0.6 is 0 Å². The first kappa shape index (κ1) is 24.2. The van der Waals surface area contributed by atoms with Gasteiger partial charge in [0.1, 0.15) is 0 Å². The SMILES string of the molecule is CS(=O)(=O)N(Cc1ccccc1)c1ccccc1C(=O)N/N=C/c1c2ccccc2cc2ccccc12. The number of nitrogens with one attached hydrogen (secondary N) is 1. The van der Waals surface area contributed by atoms with Crippen LogP contribution in [0.3, 0.4) is 0 Å². The van der Waals surface area contributed by atoms with Gasteiger partial charge in [0.2, 0.25) is 10.0 Å². The van der Waals surface area contributed by atoms with Gasteiger partial charge in [0, 0.05) is 5.56 Å². The summed E-state index contributed by atoms with van der Waals surface area (Å²) in [7, 11) is -3.67. The van der Waals surface area contributed by atoms with Crippen molar-refractivity contribution >= 4 is 49.4 Å². The van der Waals surface area contributed by atoms with E-state index in [1.165, 1.54) is 4.31 Å². The van der Waals surface area contributed by atoms with Crippen LogP contribution in [0.15, 0.2) is 114 Å². The normalized spacial score (nSPS) is 11.7. The van der Waals surface area contributed by atoms with E-state index < -0.39 is 15.9 Å². The summed E-state index contributed by atoms with van der Waals surface area (Å²) in [6, 6.07) is 34.0. The maximum Gasteiger partial charge on any atom is 0.273 e. The van der Waals surface area contributed by atoms with Crippen molar-refractivity contribution in [3.8, 4) is 0 Å². The summed E-state index contributed by atoms with van der Waals surface area (Å²) < 4.78 is 26.7. The lowest BCUT2D eigenvalue weighted by atomic mass is 9.97. The standard InChI is InChI=1S/C30H25N3O3S/c1-37(35,36)33(21-22-11-3-2-4-12-22)29-18-10-9-17-27(29)30(34)32-31-20-28-25-15-7-5-13-23(25)19-24-14-6-8-16-26(24)28/h2-20H,21H2,1H3,(H,32,34)/b31-20+. The lowest BCUT2D eigenvalue weighted by molar-refractivity contribution is 0.0956. The molecule has 5 aromatic carbocycles.